The Bertz CT molecular complexity index is 1610. The van der Waals surface area contributed by atoms with Gasteiger partial charge in [-0.25, -0.2) is 4.98 Å². The number of para-hydroxylation sites is 1. The number of nitrogens with zero attached hydrogens (tertiary/aromatic N) is 4. The molecule has 0 bridgehead atoms. The van der Waals surface area contributed by atoms with E-state index in [1.165, 1.54) is 24.0 Å². The van der Waals surface area contributed by atoms with Crippen LogP contribution in [0.15, 0.2) is 48.5 Å². The van der Waals surface area contributed by atoms with Gasteiger partial charge in [-0.1, -0.05) is 43.7 Å². The third kappa shape index (κ3) is 4.73. The van der Waals surface area contributed by atoms with Gasteiger partial charge in [0.05, 0.1) is 32.4 Å². The van der Waals surface area contributed by atoms with Gasteiger partial charge in [0.2, 0.25) is 5.95 Å². The number of nitrogens with two attached hydrogens (primary N) is 1. The Morgan fingerprint density at radius 3 is 2.78 bits per heavy atom. The molecule has 8 nitrogen and oxygen atoms in total. The van der Waals surface area contributed by atoms with E-state index in [1.54, 1.807) is 7.11 Å². The number of unbranched alkanes of at least 4 members (excludes halogenated alkanes) is 1. The van der Waals surface area contributed by atoms with E-state index >= 15 is 0 Å². The van der Waals surface area contributed by atoms with Gasteiger partial charge in [-0.2, -0.15) is 4.98 Å². The Labute approximate surface area is 241 Å². The van der Waals surface area contributed by atoms with Gasteiger partial charge in [0.15, 0.2) is 5.82 Å². The fraction of sp³-hybridized carbons (Fsp3) is 0.455. The van der Waals surface area contributed by atoms with Crippen molar-refractivity contribution in [2.24, 2.45) is 5.41 Å². The molecule has 2 fully saturated rings. The van der Waals surface area contributed by atoms with E-state index in [0.29, 0.717) is 18.0 Å². The normalized spacial score (nSPS) is 18.8. The standard InChI is InChI=1S/C33H40N6O2/c1-3-4-13-35-31-30-29(36-32(34)37-31)26-9-5-6-10-27(26)39(30)19-24-15-22(11-12-28(24)40-2)23-8-7-14-38(18-23)25-16-33(17-25)20-41-21-33/h5-6,8-12,15,25H,3-4,7,13-14,16-21H2,1-2H3,(H3,34,35,36,37). The molecule has 0 amide bonds. The maximum atomic E-state index is 6.19. The summed E-state index contributed by atoms with van der Waals surface area (Å²) < 4.78 is 13.7. The SMILES string of the molecule is CCCCNc1nc(N)nc2c3ccccc3n(Cc3cc(C4=CCCN(C5CC6(COC6)C5)C4)ccc3OC)c12. The number of nitrogens with one attached hydrogen (secondary N) is 1. The second-order valence-electron chi connectivity index (χ2n) is 12.1. The summed E-state index contributed by atoms with van der Waals surface area (Å²) in [4.78, 5) is 12.0. The van der Waals surface area contributed by atoms with Crippen LogP contribution in [-0.4, -0.2) is 65.4 Å². The van der Waals surface area contributed by atoms with Crippen LogP contribution in [0.2, 0.25) is 0 Å². The van der Waals surface area contributed by atoms with Crippen LogP contribution in [0.25, 0.3) is 27.5 Å². The molecule has 2 aromatic heterocycles. The summed E-state index contributed by atoms with van der Waals surface area (Å²) in [6, 6.07) is 15.7. The van der Waals surface area contributed by atoms with Crippen molar-refractivity contribution in [3.8, 4) is 5.75 Å². The average Bonchev–Trinajstić information content (AvgIpc) is 3.25. The average molecular weight is 553 g/mol. The molecule has 0 radical (unpaired) electrons. The Balaban J connectivity index is 1.23. The number of nitrogen functional groups attached to an aromatic ring is 1. The highest BCUT2D eigenvalue weighted by Crippen LogP contribution is 2.49. The summed E-state index contributed by atoms with van der Waals surface area (Å²) >= 11 is 0. The minimum Gasteiger partial charge on any atom is -0.496 e. The van der Waals surface area contributed by atoms with E-state index in [-0.39, 0.29) is 5.95 Å². The predicted molar refractivity (Wildman–Crippen MR) is 165 cm³/mol. The van der Waals surface area contributed by atoms with E-state index in [9.17, 15) is 0 Å². The Morgan fingerprint density at radius 1 is 1.15 bits per heavy atom. The van der Waals surface area contributed by atoms with Crippen LogP contribution in [0.1, 0.15) is 50.2 Å². The summed E-state index contributed by atoms with van der Waals surface area (Å²) in [5, 5.41) is 4.62. The van der Waals surface area contributed by atoms with Crippen LogP contribution in [0.5, 0.6) is 5.75 Å². The maximum Gasteiger partial charge on any atom is 0.222 e. The van der Waals surface area contributed by atoms with Gasteiger partial charge in [0.25, 0.3) is 0 Å². The highest BCUT2D eigenvalue weighted by molar-refractivity contribution is 6.09. The molecule has 1 saturated carbocycles. The van der Waals surface area contributed by atoms with Crippen LogP contribution in [0.4, 0.5) is 11.8 Å². The van der Waals surface area contributed by atoms with E-state index in [4.69, 9.17) is 20.2 Å². The molecule has 2 aromatic carbocycles. The van der Waals surface area contributed by atoms with Gasteiger partial charge >= 0.3 is 0 Å². The van der Waals surface area contributed by atoms with Crippen molar-refractivity contribution in [1.82, 2.24) is 19.4 Å². The van der Waals surface area contributed by atoms with Crippen LogP contribution < -0.4 is 15.8 Å². The summed E-state index contributed by atoms with van der Waals surface area (Å²) in [7, 11) is 1.75. The molecule has 41 heavy (non-hydrogen) atoms. The van der Waals surface area contributed by atoms with Crippen molar-refractivity contribution in [1.29, 1.82) is 0 Å². The highest BCUT2D eigenvalue weighted by Gasteiger charge is 2.51. The zero-order valence-corrected chi connectivity index (χ0v) is 24.2. The highest BCUT2D eigenvalue weighted by atomic mass is 16.5. The van der Waals surface area contributed by atoms with E-state index < -0.39 is 0 Å². The molecule has 8 heteroatoms. The molecule has 214 valence electrons. The molecule has 7 rings (SSSR count). The summed E-state index contributed by atoms with van der Waals surface area (Å²) in [6.45, 7) is 7.72. The third-order valence-electron chi connectivity index (χ3n) is 9.27. The number of ether oxygens (including phenoxy) is 2. The fourth-order valence-corrected chi connectivity index (χ4v) is 7.00. The number of aromatic nitrogens is 3. The molecular weight excluding hydrogens is 512 g/mol. The lowest BCUT2D eigenvalue weighted by atomic mass is 9.63. The van der Waals surface area contributed by atoms with Crippen molar-refractivity contribution in [3.63, 3.8) is 0 Å². The van der Waals surface area contributed by atoms with Gasteiger partial charge in [0, 0.05) is 42.0 Å². The number of hydrogen-bond acceptors (Lipinski definition) is 7. The van der Waals surface area contributed by atoms with Crippen LogP contribution in [0, 0.1) is 5.41 Å². The molecule has 1 saturated heterocycles. The predicted octanol–water partition coefficient (Wildman–Crippen LogP) is 5.70. The van der Waals surface area contributed by atoms with E-state index in [1.807, 2.05) is 0 Å². The first-order valence-electron chi connectivity index (χ1n) is 15.0. The minimum absolute atomic E-state index is 0.287. The topological polar surface area (TPSA) is 90.5 Å². The number of rotatable bonds is 9. The van der Waals surface area contributed by atoms with Gasteiger partial charge in [-0.05, 0) is 55.0 Å². The van der Waals surface area contributed by atoms with Gasteiger partial charge in [-0.3, -0.25) is 4.90 Å². The van der Waals surface area contributed by atoms with Gasteiger partial charge < -0.3 is 25.1 Å². The smallest absolute Gasteiger partial charge is 0.222 e. The Morgan fingerprint density at radius 2 is 2.00 bits per heavy atom. The Kier molecular flexibility index (Phi) is 6.83. The lowest BCUT2D eigenvalue weighted by Gasteiger charge is -2.56. The molecule has 1 aliphatic carbocycles. The minimum atomic E-state index is 0.287. The molecule has 0 unspecified atom stereocenters. The Hall–Kier alpha value is -3.62. The number of benzene rings is 2. The van der Waals surface area contributed by atoms with Crippen molar-refractivity contribution < 1.29 is 9.47 Å². The van der Waals surface area contributed by atoms with Crippen LogP contribution in [0.3, 0.4) is 0 Å². The summed E-state index contributed by atoms with van der Waals surface area (Å²) in [5.74, 6) is 1.96. The first-order chi connectivity index (χ1) is 20.1. The van der Waals surface area contributed by atoms with Gasteiger partial charge in [0.1, 0.15) is 16.8 Å². The number of fused-ring (bicyclic) bond motifs is 3. The fourth-order valence-electron chi connectivity index (χ4n) is 7.00. The molecule has 3 N–H and O–H groups in total. The second kappa shape index (κ2) is 10.7. The molecule has 0 atom stereocenters. The lowest BCUT2D eigenvalue weighted by molar-refractivity contribution is -0.183. The van der Waals surface area contributed by atoms with E-state index in [0.717, 1.165) is 91.2 Å². The zero-order valence-electron chi connectivity index (χ0n) is 24.2. The van der Waals surface area contributed by atoms with Crippen molar-refractivity contribution >= 4 is 39.3 Å². The first kappa shape index (κ1) is 26.3. The van der Waals surface area contributed by atoms with Crippen LogP contribution in [-0.2, 0) is 11.3 Å². The molecular formula is C33H40N6O2. The molecule has 4 aromatic rings. The quantitative estimate of drug-likeness (QED) is 0.257. The molecule has 3 aliphatic rings. The van der Waals surface area contributed by atoms with Crippen molar-refractivity contribution in [2.75, 3.05) is 51.0 Å². The molecule has 4 heterocycles. The molecule has 1 spiro atoms. The van der Waals surface area contributed by atoms with E-state index in [2.05, 4.69) is 75.2 Å². The number of anilines is 2. The summed E-state index contributed by atoms with van der Waals surface area (Å²) in [5.41, 5.74) is 13.5. The number of hydrogen-bond donors (Lipinski definition) is 2. The third-order valence-corrected chi connectivity index (χ3v) is 9.27. The monoisotopic (exact) mass is 552 g/mol. The summed E-state index contributed by atoms with van der Waals surface area (Å²) in [6.07, 6.45) is 8.24. The molecule has 2 aliphatic heterocycles. The zero-order chi connectivity index (χ0) is 28.0. The van der Waals surface area contributed by atoms with Crippen LogP contribution >= 0.6 is 0 Å². The lowest BCUT2D eigenvalue weighted by Crippen LogP contribution is -2.60. The maximum absolute atomic E-state index is 6.19. The second-order valence-corrected chi connectivity index (χ2v) is 12.1. The van der Waals surface area contributed by atoms with Crippen molar-refractivity contribution in [2.45, 2.75) is 51.6 Å². The largest absolute Gasteiger partial charge is 0.496 e. The van der Waals surface area contributed by atoms with Crippen molar-refractivity contribution in [3.05, 3.63) is 59.7 Å². The van der Waals surface area contributed by atoms with Gasteiger partial charge in [-0.15, -0.1) is 0 Å². The first-order valence-corrected chi connectivity index (χ1v) is 15.0. The number of methoxy groups -OCH3 is 1.